The Labute approximate surface area is 318 Å². The molecule has 0 aliphatic heterocycles. The monoisotopic (exact) mass is 810 g/mol. The average molecular weight is 810 g/mol. The first kappa shape index (κ1) is 36.8. The maximum absolute atomic E-state index is 14.4. The molecule has 0 radical (unpaired) electrons. The minimum atomic E-state index is -2.86. The van der Waals surface area contributed by atoms with E-state index < -0.39 is 23.9 Å². The normalized spacial score (nSPS) is 12.1. The number of pyridine rings is 1. The van der Waals surface area contributed by atoms with Crippen LogP contribution in [-0.2, 0) is 5.54 Å². The van der Waals surface area contributed by atoms with Gasteiger partial charge in [0.1, 0.15) is 0 Å². The molecule has 4 nitrogen and oxygen atoms in total. The molecule has 0 bridgehead atoms. The summed E-state index contributed by atoms with van der Waals surface area (Å²) in [4.78, 5) is 5.05. The molecule has 7 aromatic rings. The van der Waals surface area contributed by atoms with Gasteiger partial charge in [-0.1, -0.05) is 0 Å². The molecule has 0 amide bonds. The fourth-order valence-corrected chi connectivity index (χ4v) is 24.4. The van der Waals surface area contributed by atoms with Gasteiger partial charge in [0.25, 0.3) is 0 Å². The summed E-state index contributed by atoms with van der Waals surface area (Å²) in [6, 6.07) is 43.1. The summed E-state index contributed by atoms with van der Waals surface area (Å²) >= 11 is -2.86. The van der Waals surface area contributed by atoms with Crippen molar-refractivity contribution in [2.24, 2.45) is 0 Å². The number of nitrogens with zero attached hydrogens (tertiary/aromatic N) is 4. The van der Waals surface area contributed by atoms with Crippen LogP contribution in [0.3, 0.4) is 0 Å². The van der Waals surface area contributed by atoms with Crippen LogP contribution < -0.4 is 3.71 Å². The molecular formula is C47H51FN4Sn. The van der Waals surface area contributed by atoms with Crippen molar-refractivity contribution in [2.75, 3.05) is 0 Å². The summed E-state index contributed by atoms with van der Waals surface area (Å²) < 4.78 is 24.7. The van der Waals surface area contributed by atoms with Crippen LogP contribution in [0.25, 0.3) is 28.0 Å². The third-order valence-corrected chi connectivity index (χ3v) is 26.5. The van der Waals surface area contributed by atoms with Crippen LogP contribution in [0.1, 0.15) is 76.0 Å². The zero-order valence-electron chi connectivity index (χ0n) is 31.4. The maximum atomic E-state index is 14.4. The number of rotatable bonds is 16. The van der Waals surface area contributed by atoms with Gasteiger partial charge in [-0.2, -0.15) is 0 Å². The molecule has 0 unspecified atom stereocenters. The van der Waals surface area contributed by atoms with E-state index in [1.54, 1.807) is 0 Å². The van der Waals surface area contributed by atoms with Crippen LogP contribution >= 0.6 is 0 Å². The molecule has 0 aliphatic rings. The molecule has 0 atom stereocenters. The number of benzene rings is 4. The van der Waals surface area contributed by atoms with Crippen molar-refractivity contribution in [2.45, 2.75) is 78.1 Å². The van der Waals surface area contributed by atoms with Gasteiger partial charge in [0, 0.05) is 0 Å². The standard InChI is InChI=1S/C35H24FN4.3C4H9.Sn/c36-31-19-16-26(17-20-31)34-32(27-18-21-33-37-22-23-39(33)24-27)25-40(38-34)35(28-10-4-1-5-11-28,29-12-6-2-7-13-29)30-14-8-3-9-15-30;3*1-3-4-2;/h1-22,24-25H;3*1,3-4H2,2H3;. The minimum absolute atomic E-state index is 0.263. The van der Waals surface area contributed by atoms with Gasteiger partial charge < -0.3 is 0 Å². The number of halogens is 1. The number of hydrogen-bond acceptors (Lipinski definition) is 2. The number of aromatic nitrogens is 4. The van der Waals surface area contributed by atoms with Crippen molar-refractivity contribution in [3.05, 3.63) is 168 Å². The third-order valence-electron chi connectivity index (χ3n) is 11.1. The Kier molecular flexibility index (Phi) is 11.6. The Balaban J connectivity index is 1.50. The number of imidazole rings is 1. The van der Waals surface area contributed by atoms with Gasteiger partial charge in [0.05, 0.1) is 0 Å². The topological polar surface area (TPSA) is 35.1 Å². The van der Waals surface area contributed by atoms with Crippen molar-refractivity contribution in [1.29, 1.82) is 0 Å². The fourth-order valence-electron chi connectivity index (χ4n) is 8.35. The van der Waals surface area contributed by atoms with Crippen molar-refractivity contribution in [1.82, 2.24) is 19.2 Å². The van der Waals surface area contributed by atoms with E-state index in [2.05, 4.69) is 152 Å². The summed E-state index contributed by atoms with van der Waals surface area (Å²) in [6.45, 7) is 6.99. The van der Waals surface area contributed by atoms with Crippen molar-refractivity contribution >= 4 is 27.7 Å². The molecule has 0 saturated heterocycles. The summed E-state index contributed by atoms with van der Waals surface area (Å²) in [5.41, 5.74) is 7.30. The Bertz CT molecular complexity index is 2090. The van der Waals surface area contributed by atoms with Crippen LogP contribution in [0.15, 0.2) is 146 Å². The predicted octanol–water partition coefficient (Wildman–Crippen LogP) is 11.9. The first-order valence-electron chi connectivity index (χ1n) is 19.5. The Morgan fingerprint density at radius 3 is 1.57 bits per heavy atom. The zero-order valence-corrected chi connectivity index (χ0v) is 34.2. The molecule has 6 heteroatoms. The van der Waals surface area contributed by atoms with Crippen LogP contribution in [0, 0.1) is 5.82 Å². The van der Waals surface area contributed by atoms with Crippen LogP contribution in [0.4, 0.5) is 4.39 Å². The van der Waals surface area contributed by atoms with E-state index >= 15 is 0 Å². The number of fused-ring (bicyclic) bond motifs is 1. The molecule has 0 aliphatic carbocycles. The van der Waals surface area contributed by atoms with Crippen LogP contribution in [0.5, 0.6) is 0 Å². The third kappa shape index (κ3) is 7.25. The van der Waals surface area contributed by atoms with Gasteiger partial charge in [-0.15, -0.1) is 0 Å². The van der Waals surface area contributed by atoms with Gasteiger partial charge in [-0.3, -0.25) is 0 Å². The second kappa shape index (κ2) is 16.7. The van der Waals surface area contributed by atoms with Crippen molar-refractivity contribution < 1.29 is 4.39 Å². The Morgan fingerprint density at radius 1 is 0.585 bits per heavy atom. The Morgan fingerprint density at radius 2 is 1.08 bits per heavy atom. The molecule has 0 fully saturated rings. The molecule has 0 spiro atoms. The quantitative estimate of drug-likeness (QED) is 0.0720. The molecule has 3 aromatic heterocycles. The van der Waals surface area contributed by atoms with Crippen molar-refractivity contribution in [3.63, 3.8) is 0 Å². The SMILES string of the molecule is CCC[CH2][Sn]([CH2]CCC)([CH2]CCC)[c]1cnc2ccc(-c3cn(C(c4ccccc4)(c4ccccc4)c4ccccc4)nc3-c3ccc(F)cc3)cn12. The Hall–Kier alpha value is -4.49. The van der Waals surface area contributed by atoms with E-state index in [-0.39, 0.29) is 5.82 Å². The molecule has 0 saturated carbocycles. The number of hydrogen-bond donors (Lipinski definition) is 0. The molecule has 53 heavy (non-hydrogen) atoms. The zero-order chi connectivity index (χ0) is 36.7. The molecular weight excluding hydrogens is 758 g/mol. The van der Waals surface area contributed by atoms with E-state index in [1.165, 1.54) is 67.7 Å². The molecule has 7 rings (SSSR count). The van der Waals surface area contributed by atoms with Crippen LogP contribution in [0.2, 0.25) is 13.3 Å². The molecule has 0 N–H and O–H groups in total. The van der Waals surface area contributed by atoms with E-state index in [9.17, 15) is 4.39 Å². The molecule has 4 aromatic carbocycles. The first-order valence-corrected chi connectivity index (χ1v) is 27.0. The summed E-state index contributed by atoms with van der Waals surface area (Å²) in [7, 11) is 0. The van der Waals surface area contributed by atoms with Gasteiger partial charge >= 0.3 is 320 Å². The van der Waals surface area contributed by atoms with Gasteiger partial charge in [0.15, 0.2) is 0 Å². The second-order valence-electron chi connectivity index (χ2n) is 14.5. The summed E-state index contributed by atoms with van der Waals surface area (Å²) in [6.07, 6.45) is 14.3. The van der Waals surface area contributed by atoms with Crippen molar-refractivity contribution in [3.8, 4) is 22.4 Å². The average Bonchev–Trinajstić information content (AvgIpc) is 3.85. The number of unbranched alkanes of at least 4 members (excludes halogenated alkanes) is 3. The van der Waals surface area contributed by atoms with E-state index in [1.807, 2.05) is 12.1 Å². The predicted molar refractivity (Wildman–Crippen MR) is 221 cm³/mol. The van der Waals surface area contributed by atoms with Gasteiger partial charge in [0.2, 0.25) is 0 Å². The summed E-state index contributed by atoms with van der Waals surface area (Å²) in [5.74, 6) is -0.263. The second-order valence-corrected chi connectivity index (χ2v) is 27.6. The van der Waals surface area contributed by atoms with Crippen LogP contribution in [-0.4, -0.2) is 37.5 Å². The fraction of sp³-hybridized carbons (Fsp3) is 0.277. The van der Waals surface area contributed by atoms with Gasteiger partial charge in [-0.05, 0) is 0 Å². The van der Waals surface area contributed by atoms with E-state index in [4.69, 9.17) is 10.1 Å². The summed E-state index contributed by atoms with van der Waals surface area (Å²) in [5, 5.41) is 5.53. The van der Waals surface area contributed by atoms with Gasteiger partial charge in [-0.25, -0.2) is 0 Å². The molecule has 3 heterocycles. The van der Waals surface area contributed by atoms with E-state index in [0.717, 1.165) is 44.7 Å². The molecule has 270 valence electrons. The first-order chi connectivity index (χ1) is 26.0. The van der Waals surface area contributed by atoms with E-state index in [0.29, 0.717) is 0 Å².